The molecule has 1 heteroatoms. The molecular formula is C12H17N. The van der Waals surface area contributed by atoms with Gasteiger partial charge in [0.2, 0.25) is 0 Å². The molecule has 0 amide bonds. The first kappa shape index (κ1) is 8.81. The van der Waals surface area contributed by atoms with Crippen molar-refractivity contribution in [3.05, 3.63) is 11.6 Å². The summed E-state index contributed by atoms with van der Waals surface area (Å²) in [5.74, 6) is 2.94. The zero-order chi connectivity index (χ0) is 9.42. The van der Waals surface area contributed by atoms with E-state index in [4.69, 9.17) is 5.26 Å². The summed E-state index contributed by atoms with van der Waals surface area (Å²) in [4.78, 5) is 0. The number of hydrogen-bond donors (Lipinski definition) is 0. The normalized spacial score (nSPS) is 36.5. The Labute approximate surface area is 80.4 Å². The van der Waals surface area contributed by atoms with Crippen LogP contribution in [-0.2, 0) is 0 Å². The molecule has 0 aromatic carbocycles. The fourth-order valence-electron chi connectivity index (χ4n) is 3.05. The topological polar surface area (TPSA) is 23.8 Å². The monoisotopic (exact) mass is 175 g/mol. The lowest BCUT2D eigenvalue weighted by molar-refractivity contribution is 0.342. The Morgan fingerprint density at radius 2 is 2.31 bits per heavy atom. The summed E-state index contributed by atoms with van der Waals surface area (Å²) in [6.07, 6.45) is 6.13. The molecule has 13 heavy (non-hydrogen) atoms. The SMILES string of the molecule is CC(C)C[C@@H]1[C@@H]2C=C(C#N)[C@H]1CC2. The van der Waals surface area contributed by atoms with Crippen molar-refractivity contribution in [2.45, 2.75) is 33.1 Å². The minimum atomic E-state index is 0.623. The van der Waals surface area contributed by atoms with Crippen LogP contribution in [0.25, 0.3) is 0 Å². The van der Waals surface area contributed by atoms with E-state index in [1.54, 1.807) is 0 Å². The smallest absolute Gasteiger partial charge is 0.0946 e. The quantitative estimate of drug-likeness (QED) is 0.632. The maximum absolute atomic E-state index is 8.92. The summed E-state index contributed by atoms with van der Waals surface area (Å²) in [6.45, 7) is 4.56. The summed E-state index contributed by atoms with van der Waals surface area (Å²) in [5.41, 5.74) is 1.09. The van der Waals surface area contributed by atoms with Gasteiger partial charge in [-0.1, -0.05) is 19.9 Å². The van der Waals surface area contributed by atoms with Gasteiger partial charge >= 0.3 is 0 Å². The van der Waals surface area contributed by atoms with Crippen LogP contribution < -0.4 is 0 Å². The molecule has 3 atom stereocenters. The van der Waals surface area contributed by atoms with Crippen molar-refractivity contribution in [1.82, 2.24) is 0 Å². The van der Waals surface area contributed by atoms with Crippen LogP contribution in [0.4, 0.5) is 0 Å². The molecule has 0 radical (unpaired) electrons. The molecule has 0 aromatic heterocycles. The van der Waals surface area contributed by atoms with E-state index in [9.17, 15) is 0 Å². The van der Waals surface area contributed by atoms with E-state index in [0.29, 0.717) is 5.92 Å². The molecule has 0 spiro atoms. The molecule has 0 N–H and O–H groups in total. The van der Waals surface area contributed by atoms with E-state index in [1.807, 2.05) is 0 Å². The highest BCUT2D eigenvalue weighted by Crippen LogP contribution is 2.50. The highest BCUT2D eigenvalue weighted by molar-refractivity contribution is 5.33. The summed E-state index contributed by atoms with van der Waals surface area (Å²) in [5, 5.41) is 8.92. The molecule has 70 valence electrons. The molecule has 2 rings (SSSR count). The van der Waals surface area contributed by atoms with Crippen LogP contribution >= 0.6 is 0 Å². The van der Waals surface area contributed by atoms with Crippen LogP contribution in [0.3, 0.4) is 0 Å². The fourth-order valence-corrected chi connectivity index (χ4v) is 3.05. The van der Waals surface area contributed by atoms with Gasteiger partial charge in [0, 0.05) is 5.57 Å². The highest BCUT2D eigenvalue weighted by atomic mass is 14.5. The average molecular weight is 175 g/mol. The van der Waals surface area contributed by atoms with Gasteiger partial charge in [-0.25, -0.2) is 0 Å². The fraction of sp³-hybridized carbons (Fsp3) is 0.750. The van der Waals surface area contributed by atoms with E-state index in [1.165, 1.54) is 19.3 Å². The third-order valence-corrected chi connectivity index (χ3v) is 3.54. The first-order chi connectivity index (χ1) is 6.22. The van der Waals surface area contributed by atoms with Gasteiger partial charge in [-0.2, -0.15) is 5.26 Å². The average Bonchev–Trinajstić information content (AvgIpc) is 2.61. The van der Waals surface area contributed by atoms with E-state index >= 15 is 0 Å². The molecule has 0 aliphatic heterocycles. The lowest BCUT2D eigenvalue weighted by atomic mass is 9.86. The standard InChI is InChI=1S/C12H17N/c1-8(2)5-12-9-3-4-11(12)10(6-9)7-13/h6,8-9,11-12H,3-5H2,1-2H3/t9-,11+,12+/m0/s1. The second-order valence-electron chi connectivity index (χ2n) is 4.87. The van der Waals surface area contributed by atoms with Crippen molar-refractivity contribution in [1.29, 1.82) is 5.26 Å². The maximum Gasteiger partial charge on any atom is 0.0946 e. The van der Waals surface area contributed by atoms with Crippen molar-refractivity contribution in [3.63, 3.8) is 0 Å². The molecular weight excluding hydrogens is 158 g/mol. The van der Waals surface area contributed by atoms with Crippen LogP contribution in [0.2, 0.25) is 0 Å². The number of rotatable bonds is 2. The molecule has 2 aliphatic carbocycles. The zero-order valence-corrected chi connectivity index (χ0v) is 8.46. The second-order valence-corrected chi connectivity index (χ2v) is 4.87. The lowest BCUT2D eigenvalue weighted by Crippen LogP contribution is -2.11. The summed E-state index contributed by atoms with van der Waals surface area (Å²) in [7, 11) is 0. The predicted molar refractivity (Wildman–Crippen MR) is 52.9 cm³/mol. The van der Waals surface area contributed by atoms with Crippen molar-refractivity contribution >= 4 is 0 Å². The molecule has 0 unspecified atom stereocenters. The first-order valence-electron chi connectivity index (χ1n) is 5.34. The number of allylic oxidation sites excluding steroid dienone is 2. The minimum Gasteiger partial charge on any atom is -0.193 e. The van der Waals surface area contributed by atoms with Crippen LogP contribution in [0, 0.1) is 35.0 Å². The second kappa shape index (κ2) is 3.18. The van der Waals surface area contributed by atoms with Gasteiger partial charge in [0.1, 0.15) is 0 Å². The molecule has 2 aliphatic rings. The number of hydrogen-bond acceptors (Lipinski definition) is 1. The van der Waals surface area contributed by atoms with Gasteiger partial charge < -0.3 is 0 Å². The molecule has 1 saturated carbocycles. The largest absolute Gasteiger partial charge is 0.193 e. The summed E-state index contributed by atoms with van der Waals surface area (Å²) >= 11 is 0. The number of fused-ring (bicyclic) bond motifs is 2. The number of nitriles is 1. The highest BCUT2D eigenvalue weighted by Gasteiger charge is 2.42. The summed E-state index contributed by atoms with van der Waals surface area (Å²) < 4.78 is 0. The van der Waals surface area contributed by atoms with E-state index in [0.717, 1.165) is 23.3 Å². The Morgan fingerprint density at radius 3 is 2.85 bits per heavy atom. The molecule has 2 bridgehead atoms. The molecule has 1 fully saturated rings. The zero-order valence-electron chi connectivity index (χ0n) is 8.46. The van der Waals surface area contributed by atoms with Gasteiger partial charge in [0.15, 0.2) is 0 Å². The van der Waals surface area contributed by atoms with Crippen molar-refractivity contribution < 1.29 is 0 Å². The van der Waals surface area contributed by atoms with Crippen LogP contribution in [0.1, 0.15) is 33.1 Å². The first-order valence-corrected chi connectivity index (χ1v) is 5.34. The van der Waals surface area contributed by atoms with Crippen molar-refractivity contribution in [2.24, 2.45) is 23.7 Å². The Bertz CT molecular complexity index is 269. The molecule has 1 nitrogen and oxygen atoms in total. The van der Waals surface area contributed by atoms with Gasteiger partial charge in [-0.3, -0.25) is 0 Å². The van der Waals surface area contributed by atoms with E-state index < -0.39 is 0 Å². The van der Waals surface area contributed by atoms with E-state index in [-0.39, 0.29) is 0 Å². The van der Waals surface area contributed by atoms with E-state index in [2.05, 4.69) is 26.0 Å². The Kier molecular flexibility index (Phi) is 2.15. The van der Waals surface area contributed by atoms with Crippen molar-refractivity contribution in [2.75, 3.05) is 0 Å². The van der Waals surface area contributed by atoms with Crippen molar-refractivity contribution in [3.8, 4) is 6.07 Å². The lowest BCUT2D eigenvalue weighted by Gasteiger charge is -2.18. The molecule has 0 saturated heterocycles. The Morgan fingerprint density at radius 1 is 1.54 bits per heavy atom. The van der Waals surface area contributed by atoms with Gasteiger partial charge in [0.05, 0.1) is 6.07 Å². The number of nitrogens with zero attached hydrogens (tertiary/aromatic N) is 1. The third-order valence-electron chi connectivity index (χ3n) is 3.54. The van der Waals surface area contributed by atoms with Gasteiger partial charge in [0.25, 0.3) is 0 Å². The summed E-state index contributed by atoms with van der Waals surface area (Å²) in [6, 6.07) is 2.36. The molecule has 0 heterocycles. The third kappa shape index (κ3) is 1.39. The molecule has 0 aromatic rings. The van der Waals surface area contributed by atoms with Crippen LogP contribution in [0.5, 0.6) is 0 Å². The van der Waals surface area contributed by atoms with Crippen LogP contribution in [0.15, 0.2) is 11.6 Å². The minimum absolute atomic E-state index is 0.623. The predicted octanol–water partition coefficient (Wildman–Crippen LogP) is 3.14. The van der Waals surface area contributed by atoms with Gasteiger partial charge in [-0.05, 0) is 42.9 Å². The van der Waals surface area contributed by atoms with Gasteiger partial charge in [-0.15, -0.1) is 0 Å². The maximum atomic E-state index is 8.92. The Balaban J connectivity index is 2.09. The van der Waals surface area contributed by atoms with Crippen LogP contribution in [-0.4, -0.2) is 0 Å². The Hall–Kier alpha value is -0.770.